The zero-order chi connectivity index (χ0) is 24.3. The summed E-state index contributed by atoms with van der Waals surface area (Å²) >= 11 is 0. The van der Waals surface area contributed by atoms with Crippen LogP contribution in [0.25, 0.3) is 10.8 Å². The first-order valence-electron chi connectivity index (χ1n) is 10.4. The topological polar surface area (TPSA) is 74.3 Å². The van der Waals surface area contributed by atoms with E-state index in [-0.39, 0.29) is 33.5 Å². The molecule has 0 bridgehead atoms. The van der Waals surface area contributed by atoms with Crippen molar-refractivity contribution in [1.29, 1.82) is 0 Å². The Morgan fingerprint density at radius 2 is 1.91 bits per heavy atom. The van der Waals surface area contributed by atoms with Crippen LogP contribution < -0.4 is 15.6 Å². The minimum atomic E-state index is -5.00. The first kappa shape index (κ1) is 23.1. The Balaban J connectivity index is 2.02. The fraction of sp³-hybridized carbons (Fsp3) is 0.375. The molecule has 176 valence electrons. The van der Waals surface area contributed by atoms with Gasteiger partial charge in [-0.15, -0.1) is 0 Å². The van der Waals surface area contributed by atoms with Crippen LogP contribution in [0.5, 0.6) is 5.75 Å². The van der Waals surface area contributed by atoms with Gasteiger partial charge >= 0.3 is 6.18 Å². The molecule has 2 unspecified atom stereocenters. The second-order valence-electron chi connectivity index (χ2n) is 9.14. The summed E-state index contributed by atoms with van der Waals surface area (Å²) in [4.78, 5) is 14.7. The van der Waals surface area contributed by atoms with Crippen molar-refractivity contribution in [2.75, 3.05) is 12.4 Å². The number of aromatic nitrogens is 1. The molecule has 4 rings (SSSR count). The summed E-state index contributed by atoms with van der Waals surface area (Å²) in [6.45, 7) is 4.47. The van der Waals surface area contributed by atoms with Gasteiger partial charge < -0.3 is 20.1 Å². The Labute approximate surface area is 187 Å². The lowest BCUT2D eigenvalue weighted by atomic mass is 9.63. The molecular formula is C24H24F4N2O3. The molecule has 2 atom stereocenters. The van der Waals surface area contributed by atoms with Crippen molar-refractivity contribution < 1.29 is 27.4 Å². The maximum absolute atomic E-state index is 14.9. The van der Waals surface area contributed by atoms with E-state index >= 15 is 0 Å². The summed E-state index contributed by atoms with van der Waals surface area (Å²) in [5, 5.41) is 14.7. The summed E-state index contributed by atoms with van der Waals surface area (Å²) < 4.78 is 63.4. The Bertz CT molecular complexity index is 1300. The average Bonchev–Trinajstić information content (AvgIpc) is 2.72. The number of hydrogen-bond acceptors (Lipinski definition) is 4. The summed E-state index contributed by atoms with van der Waals surface area (Å²) in [5.41, 5.74) is -4.16. The molecule has 2 aromatic carbocycles. The van der Waals surface area contributed by atoms with E-state index in [1.165, 1.54) is 52.3 Å². The minimum absolute atomic E-state index is 0.0867. The number of H-pyrrole nitrogens is 1. The molecule has 3 N–H and O–H groups in total. The van der Waals surface area contributed by atoms with Crippen molar-refractivity contribution in [3.8, 4) is 5.75 Å². The second-order valence-corrected chi connectivity index (χ2v) is 9.14. The number of pyridine rings is 1. The lowest BCUT2D eigenvalue weighted by Gasteiger charge is -2.49. The minimum Gasteiger partial charge on any atom is -0.493 e. The third-order valence-corrected chi connectivity index (χ3v) is 6.42. The predicted octanol–water partition coefficient (Wildman–Crippen LogP) is 5.11. The number of hydrogen-bond donors (Lipinski definition) is 3. The largest absolute Gasteiger partial charge is 0.493 e. The molecule has 0 saturated heterocycles. The van der Waals surface area contributed by atoms with Gasteiger partial charge in [-0.25, -0.2) is 4.39 Å². The molecule has 0 radical (unpaired) electrons. The molecule has 0 aliphatic heterocycles. The van der Waals surface area contributed by atoms with Crippen molar-refractivity contribution >= 4 is 16.5 Å². The highest BCUT2D eigenvalue weighted by molar-refractivity contribution is 5.93. The van der Waals surface area contributed by atoms with E-state index < -0.39 is 41.0 Å². The number of anilines is 1. The quantitative estimate of drug-likeness (QED) is 0.471. The number of aryl methyl sites for hydroxylation is 1. The summed E-state index contributed by atoms with van der Waals surface area (Å²) in [7, 11) is 1.26. The number of halogens is 4. The van der Waals surface area contributed by atoms with Crippen LogP contribution in [0.15, 0.2) is 41.3 Å². The zero-order valence-electron chi connectivity index (χ0n) is 18.5. The third-order valence-electron chi connectivity index (χ3n) is 6.42. The van der Waals surface area contributed by atoms with Crippen molar-refractivity contribution in [2.45, 2.75) is 50.4 Å². The van der Waals surface area contributed by atoms with E-state index in [1.807, 2.05) is 0 Å². The van der Waals surface area contributed by atoms with Crippen LogP contribution in [-0.4, -0.2) is 29.0 Å². The highest BCUT2D eigenvalue weighted by atomic mass is 19.4. The smallest absolute Gasteiger partial charge is 0.419 e. The van der Waals surface area contributed by atoms with Crippen LogP contribution in [0.4, 0.5) is 23.2 Å². The van der Waals surface area contributed by atoms with Crippen LogP contribution in [0.2, 0.25) is 0 Å². The number of aromatic amines is 1. The Hall–Kier alpha value is -3.07. The molecule has 1 aliphatic carbocycles. The molecule has 0 amide bonds. The van der Waals surface area contributed by atoms with Gasteiger partial charge in [0.25, 0.3) is 5.56 Å². The molecule has 3 aromatic rings. The van der Waals surface area contributed by atoms with Gasteiger partial charge in [-0.05, 0) is 48.1 Å². The van der Waals surface area contributed by atoms with Gasteiger partial charge in [0.1, 0.15) is 0 Å². The van der Waals surface area contributed by atoms with Crippen LogP contribution in [-0.2, 0) is 5.41 Å². The Morgan fingerprint density at radius 3 is 2.55 bits per heavy atom. The van der Waals surface area contributed by atoms with Gasteiger partial charge in [0.2, 0.25) is 0 Å². The maximum Gasteiger partial charge on any atom is 0.419 e. The summed E-state index contributed by atoms with van der Waals surface area (Å²) in [6.07, 6.45) is -4.33. The predicted molar refractivity (Wildman–Crippen MR) is 117 cm³/mol. The average molecular weight is 464 g/mol. The molecule has 0 fully saturated rings. The van der Waals surface area contributed by atoms with Gasteiger partial charge in [0, 0.05) is 28.2 Å². The Morgan fingerprint density at radius 1 is 1.21 bits per heavy atom. The van der Waals surface area contributed by atoms with Crippen LogP contribution >= 0.6 is 0 Å². The summed E-state index contributed by atoms with van der Waals surface area (Å²) in [6, 6.07) is 5.83. The number of ether oxygens (including phenoxy) is 1. The molecule has 0 saturated carbocycles. The number of benzene rings is 2. The molecular weight excluding hydrogens is 440 g/mol. The molecule has 1 aliphatic rings. The SMILES string of the molecule is COc1c(F)c(C)cc2c1C(C)(C)CC(O)(C(F)(F)F)C2Nc1cccc2c(=O)[nH]ccc12. The molecule has 33 heavy (non-hydrogen) atoms. The molecule has 1 heterocycles. The fourth-order valence-corrected chi connectivity index (χ4v) is 4.99. The second kappa shape index (κ2) is 7.48. The van der Waals surface area contributed by atoms with Crippen LogP contribution in [0.3, 0.4) is 0 Å². The number of alkyl halides is 3. The molecule has 1 aromatic heterocycles. The number of fused-ring (bicyclic) bond motifs is 2. The molecule has 9 heteroatoms. The van der Waals surface area contributed by atoms with Crippen molar-refractivity contribution in [3.63, 3.8) is 0 Å². The lowest BCUT2D eigenvalue weighted by Crippen LogP contribution is -2.58. The first-order valence-corrected chi connectivity index (χ1v) is 10.4. The first-order chi connectivity index (χ1) is 15.3. The maximum atomic E-state index is 14.9. The highest BCUT2D eigenvalue weighted by Crippen LogP contribution is 2.57. The lowest BCUT2D eigenvalue weighted by molar-refractivity contribution is -0.276. The van der Waals surface area contributed by atoms with Crippen LogP contribution in [0, 0.1) is 12.7 Å². The van der Waals surface area contributed by atoms with Gasteiger partial charge in [-0.2, -0.15) is 13.2 Å². The highest BCUT2D eigenvalue weighted by Gasteiger charge is 2.64. The molecule has 0 spiro atoms. The van der Waals surface area contributed by atoms with Crippen molar-refractivity contribution in [2.24, 2.45) is 0 Å². The van der Waals surface area contributed by atoms with E-state index in [1.54, 1.807) is 12.1 Å². The number of nitrogens with one attached hydrogen (secondary N) is 2. The van der Waals surface area contributed by atoms with Crippen LogP contribution in [0.1, 0.15) is 43.0 Å². The van der Waals surface area contributed by atoms with Gasteiger partial charge in [0.05, 0.1) is 13.2 Å². The van der Waals surface area contributed by atoms with Crippen molar-refractivity contribution in [3.05, 3.63) is 69.4 Å². The third kappa shape index (κ3) is 3.45. The number of rotatable bonds is 3. The Kier molecular flexibility index (Phi) is 5.24. The standard InChI is InChI=1S/C24H24F4N2O3/c1-12-10-15-17(19(33-4)18(12)25)22(2,3)11-23(32,24(26,27)28)20(15)30-16-7-5-6-14-13(16)8-9-29-21(14)31/h5-10,20,30,32H,11H2,1-4H3,(H,29,31). The number of aliphatic hydroxyl groups is 1. The van der Waals surface area contributed by atoms with E-state index in [9.17, 15) is 27.5 Å². The van der Waals surface area contributed by atoms with Crippen molar-refractivity contribution in [1.82, 2.24) is 4.98 Å². The van der Waals surface area contributed by atoms with Gasteiger partial charge in [-0.3, -0.25) is 4.79 Å². The normalized spacial score (nSPS) is 22.2. The fourth-order valence-electron chi connectivity index (χ4n) is 4.99. The summed E-state index contributed by atoms with van der Waals surface area (Å²) in [5.74, 6) is -0.794. The molecule has 5 nitrogen and oxygen atoms in total. The van der Waals surface area contributed by atoms with E-state index in [0.717, 1.165) is 0 Å². The monoisotopic (exact) mass is 464 g/mol. The van der Waals surface area contributed by atoms with Gasteiger partial charge in [0.15, 0.2) is 17.2 Å². The van der Waals surface area contributed by atoms with E-state index in [4.69, 9.17) is 4.74 Å². The van der Waals surface area contributed by atoms with Gasteiger partial charge in [-0.1, -0.05) is 26.0 Å². The number of methoxy groups -OCH3 is 1. The van der Waals surface area contributed by atoms with E-state index in [2.05, 4.69) is 10.3 Å². The van der Waals surface area contributed by atoms with E-state index in [0.29, 0.717) is 5.39 Å². The zero-order valence-corrected chi connectivity index (χ0v) is 18.5.